The fraction of sp³-hybridized carbons (Fsp3) is 0.190. The molecule has 0 aliphatic rings. The molecule has 6 heteroatoms. The summed E-state index contributed by atoms with van der Waals surface area (Å²) in [6, 6.07) is 9.94. The maximum Gasteiger partial charge on any atom is 0.262 e. The zero-order valence-electron chi connectivity index (χ0n) is 15.5. The average molecular weight is 379 g/mol. The Balaban J connectivity index is 1.72. The minimum atomic E-state index is -0.117. The number of nitrogens with zero attached hydrogens (tertiary/aromatic N) is 2. The van der Waals surface area contributed by atoms with Crippen LogP contribution >= 0.6 is 11.3 Å². The average Bonchev–Trinajstić information content (AvgIpc) is 3.15. The standard InChI is InChI=1S/C21H21N3O2S/c1-14-10-16(7-8-19-24-12-18(27-19)21(25)22-3)11-15(2)20(14)26-13-17-6-4-5-9-23-17/h4-12H,13H2,1-3H3,(H,22,25)/b8-7+. The summed E-state index contributed by atoms with van der Waals surface area (Å²) < 4.78 is 5.97. The van der Waals surface area contributed by atoms with Crippen LogP contribution < -0.4 is 10.1 Å². The summed E-state index contributed by atoms with van der Waals surface area (Å²) in [4.78, 5) is 20.8. The van der Waals surface area contributed by atoms with Gasteiger partial charge < -0.3 is 10.1 Å². The van der Waals surface area contributed by atoms with Gasteiger partial charge in [-0.25, -0.2) is 4.98 Å². The summed E-state index contributed by atoms with van der Waals surface area (Å²) in [5.74, 6) is 0.766. The highest BCUT2D eigenvalue weighted by Gasteiger charge is 2.08. The van der Waals surface area contributed by atoms with Crippen LogP contribution in [0.25, 0.3) is 12.2 Å². The number of hydrogen-bond acceptors (Lipinski definition) is 5. The second-order valence-corrected chi connectivity index (χ2v) is 7.13. The minimum Gasteiger partial charge on any atom is -0.487 e. The SMILES string of the molecule is CNC(=O)c1cnc(/C=C/c2cc(C)c(OCc3ccccn3)c(C)c2)s1. The molecule has 0 aliphatic carbocycles. The van der Waals surface area contributed by atoms with E-state index in [-0.39, 0.29) is 5.91 Å². The van der Waals surface area contributed by atoms with Crippen molar-refractivity contribution >= 4 is 29.4 Å². The number of hydrogen-bond donors (Lipinski definition) is 1. The Morgan fingerprint density at radius 2 is 1.96 bits per heavy atom. The van der Waals surface area contributed by atoms with E-state index < -0.39 is 0 Å². The fourth-order valence-corrected chi connectivity index (χ4v) is 3.46. The first-order valence-corrected chi connectivity index (χ1v) is 9.38. The van der Waals surface area contributed by atoms with Crippen LogP contribution in [0.4, 0.5) is 0 Å². The van der Waals surface area contributed by atoms with Crippen LogP contribution in [0.5, 0.6) is 5.75 Å². The zero-order chi connectivity index (χ0) is 19.2. The Labute approximate surface area is 162 Å². The van der Waals surface area contributed by atoms with E-state index in [0.717, 1.165) is 33.1 Å². The highest BCUT2D eigenvalue weighted by Crippen LogP contribution is 2.27. The molecule has 0 radical (unpaired) electrons. The number of aromatic nitrogens is 2. The largest absolute Gasteiger partial charge is 0.487 e. The second-order valence-electron chi connectivity index (χ2n) is 6.07. The van der Waals surface area contributed by atoms with E-state index in [1.54, 1.807) is 19.4 Å². The molecule has 3 rings (SSSR count). The quantitative estimate of drug-likeness (QED) is 0.695. The summed E-state index contributed by atoms with van der Waals surface area (Å²) in [6.07, 6.45) is 7.27. The van der Waals surface area contributed by atoms with Crippen molar-refractivity contribution in [2.45, 2.75) is 20.5 Å². The lowest BCUT2D eigenvalue weighted by Gasteiger charge is -2.13. The van der Waals surface area contributed by atoms with Gasteiger partial charge in [-0.2, -0.15) is 0 Å². The van der Waals surface area contributed by atoms with Gasteiger partial charge in [0.05, 0.1) is 11.9 Å². The number of thiazole rings is 1. The lowest BCUT2D eigenvalue weighted by molar-refractivity contribution is 0.0967. The predicted molar refractivity (Wildman–Crippen MR) is 109 cm³/mol. The van der Waals surface area contributed by atoms with E-state index in [9.17, 15) is 4.79 Å². The van der Waals surface area contributed by atoms with Crippen LogP contribution in [-0.2, 0) is 6.61 Å². The smallest absolute Gasteiger partial charge is 0.262 e. The van der Waals surface area contributed by atoms with Gasteiger partial charge in [0.15, 0.2) is 0 Å². The Morgan fingerprint density at radius 1 is 1.19 bits per heavy atom. The van der Waals surface area contributed by atoms with E-state index in [4.69, 9.17) is 4.74 Å². The minimum absolute atomic E-state index is 0.117. The summed E-state index contributed by atoms with van der Waals surface area (Å²) in [6.45, 7) is 4.51. The van der Waals surface area contributed by atoms with E-state index >= 15 is 0 Å². The summed E-state index contributed by atoms with van der Waals surface area (Å²) >= 11 is 1.36. The van der Waals surface area contributed by atoms with Gasteiger partial charge in [-0.1, -0.05) is 12.1 Å². The first-order chi connectivity index (χ1) is 13.1. The topological polar surface area (TPSA) is 64.1 Å². The number of amides is 1. The molecule has 0 spiro atoms. The van der Waals surface area contributed by atoms with Crippen LogP contribution in [0.2, 0.25) is 0 Å². The Morgan fingerprint density at radius 3 is 2.63 bits per heavy atom. The van der Waals surface area contributed by atoms with E-state index in [2.05, 4.69) is 27.4 Å². The van der Waals surface area contributed by atoms with Crippen molar-refractivity contribution in [2.24, 2.45) is 0 Å². The number of ether oxygens (including phenoxy) is 1. The van der Waals surface area contributed by atoms with E-state index in [1.165, 1.54) is 11.3 Å². The lowest BCUT2D eigenvalue weighted by atomic mass is 10.1. The third-order valence-electron chi connectivity index (χ3n) is 3.97. The molecule has 0 fully saturated rings. The molecule has 1 aromatic carbocycles. The summed E-state index contributed by atoms with van der Waals surface area (Å²) in [7, 11) is 1.61. The van der Waals surface area contributed by atoms with Crippen molar-refractivity contribution in [2.75, 3.05) is 7.05 Å². The van der Waals surface area contributed by atoms with Crippen LogP contribution in [0.1, 0.15) is 37.1 Å². The predicted octanol–water partition coefficient (Wildman–Crippen LogP) is 4.26. The van der Waals surface area contributed by atoms with Gasteiger partial charge in [-0.15, -0.1) is 11.3 Å². The van der Waals surface area contributed by atoms with Gasteiger partial charge in [0, 0.05) is 13.2 Å². The third kappa shape index (κ3) is 4.80. The highest BCUT2D eigenvalue weighted by atomic mass is 32.1. The molecule has 2 heterocycles. The first-order valence-electron chi connectivity index (χ1n) is 8.57. The summed E-state index contributed by atoms with van der Waals surface area (Å²) in [5.41, 5.74) is 4.09. The van der Waals surface area contributed by atoms with Crippen molar-refractivity contribution in [3.63, 3.8) is 0 Å². The Hall–Kier alpha value is -2.99. The van der Waals surface area contributed by atoms with Gasteiger partial charge in [0.25, 0.3) is 5.91 Å². The number of carbonyl (C=O) groups excluding carboxylic acids is 1. The molecule has 0 unspecified atom stereocenters. The summed E-state index contributed by atoms with van der Waals surface area (Å²) in [5, 5.41) is 3.39. The number of pyridine rings is 1. The third-order valence-corrected chi connectivity index (χ3v) is 4.93. The molecular weight excluding hydrogens is 358 g/mol. The van der Waals surface area contributed by atoms with Crippen LogP contribution in [0.3, 0.4) is 0 Å². The Kier molecular flexibility index (Phi) is 5.98. The van der Waals surface area contributed by atoms with Crippen molar-refractivity contribution in [3.05, 3.63) is 75.0 Å². The molecule has 0 atom stereocenters. The van der Waals surface area contributed by atoms with Crippen LogP contribution in [-0.4, -0.2) is 22.9 Å². The van der Waals surface area contributed by atoms with Crippen molar-refractivity contribution in [1.82, 2.24) is 15.3 Å². The Bertz CT molecular complexity index is 942. The fourth-order valence-electron chi connectivity index (χ4n) is 2.70. The van der Waals surface area contributed by atoms with Crippen molar-refractivity contribution in [3.8, 4) is 5.75 Å². The van der Waals surface area contributed by atoms with E-state index in [0.29, 0.717) is 11.5 Å². The normalized spacial score (nSPS) is 10.9. The first kappa shape index (κ1) is 18.8. The van der Waals surface area contributed by atoms with Gasteiger partial charge in [-0.05, 0) is 60.9 Å². The monoisotopic (exact) mass is 379 g/mol. The number of benzene rings is 1. The molecule has 1 N–H and O–H groups in total. The number of rotatable bonds is 6. The maximum atomic E-state index is 11.6. The molecule has 0 bridgehead atoms. The maximum absolute atomic E-state index is 11.6. The molecule has 27 heavy (non-hydrogen) atoms. The van der Waals surface area contributed by atoms with Crippen LogP contribution in [0.15, 0.2) is 42.7 Å². The number of carbonyl (C=O) groups is 1. The zero-order valence-corrected chi connectivity index (χ0v) is 16.3. The molecule has 138 valence electrons. The van der Waals surface area contributed by atoms with Crippen molar-refractivity contribution in [1.29, 1.82) is 0 Å². The second kappa shape index (κ2) is 8.60. The van der Waals surface area contributed by atoms with E-state index in [1.807, 2.05) is 44.2 Å². The van der Waals surface area contributed by atoms with Gasteiger partial charge in [-0.3, -0.25) is 9.78 Å². The van der Waals surface area contributed by atoms with Crippen LogP contribution in [0, 0.1) is 13.8 Å². The van der Waals surface area contributed by atoms with Gasteiger partial charge in [0.1, 0.15) is 22.2 Å². The van der Waals surface area contributed by atoms with Gasteiger partial charge >= 0.3 is 0 Å². The molecule has 0 saturated carbocycles. The van der Waals surface area contributed by atoms with Crippen molar-refractivity contribution < 1.29 is 9.53 Å². The molecule has 0 aliphatic heterocycles. The van der Waals surface area contributed by atoms with Gasteiger partial charge in [0.2, 0.25) is 0 Å². The molecule has 3 aromatic rings. The lowest BCUT2D eigenvalue weighted by Crippen LogP contribution is -2.16. The number of nitrogens with one attached hydrogen (secondary N) is 1. The molecule has 5 nitrogen and oxygen atoms in total. The highest BCUT2D eigenvalue weighted by molar-refractivity contribution is 7.14. The molecule has 0 saturated heterocycles. The molecule has 2 aromatic heterocycles. The number of aryl methyl sites for hydroxylation is 2. The molecule has 1 amide bonds. The molecular formula is C21H21N3O2S.